The minimum atomic E-state index is 0.236. The molecule has 0 heterocycles. The van der Waals surface area contributed by atoms with Crippen molar-refractivity contribution in [1.29, 1.82) is 0 Å². The third-order valence-electron chi connectivity index (χ3n) is 3.25. The van der Waals surface area contributed by atoms with Crippen LogP contribution in [0.15, 0.2) is 12.1 Å². The summed E-state index contributed by atoms with van der Waals surface area (Å²) in [5.74, 6) is 0. The molecule has 0 aliphatic rings. The molecular formula is C16H27N. The highest BCUT2D eigenvalue weighted by Crippen LogP contribution is 2.26. The largest absolute Gasteiger partial charge is 0.310 e. The van der Waals surface area contributed by atoms with Gasteiger partial charge in [-0.1, -0.05) is 46.8 Å². The van der Waals surface area contributed by atoms with E-state index in [1.807, 2.05) is 0 Å². The Morgan fingerprint density at radius 1 is 1.06 bits per heavy atom. The summed E-state index contributed by atoms with van der Waals surface area (Å²) in [5.41, 5.74) is 5.93. The van der Waals surface area contributed by atoms with Crippen LogP contribution in [-0.2, 0) is 12.0 Å². The molecule has 0 saturated heterocycles. The Labute approximate surface area is 107 Å². The molecule has 0 aliphatic carbocycles. The van der Waals surface area contributed by atoms with E-state index in [9.17, 15) is 0 Å². The maximum absolute atomic E-state index is 3.50. The monoisotopic (exact) mass is 233 g/mol. The zero-order valence-corrected chi connectivity index (χ0v) is 12.4. The van der Waals surface area contributed by atoms with Crippen LogP contribution in [0.4, 0.5) is 0 Å². The van der Waals surface area contributed by atoms with E-state index in [0.717, 1.165) is 6.54 Å². The van der Waals surface area contributed by atoms with Crippen LogP contribution in [0.25, 0.3) is 0 Å². The van der Waals surface area contributed by atoms with Gasteiger partial charge >= 0.3 is 0 Å². The van der Waals surface area contributed by atoms with E-state index in [1.165, 1.54) is 22.3 Å². The van der Waals surface area contributed by atoms with E-state index in [0.29, 0.717) is 6.04 Å². The van der Waals surface area contributed by atoms with Crippen molar-refractivity contribution in [3.05, 3.63) is 34.4 Å². The second-order valence-electron chi connectivity index (χ2n) is 6.37. The second kappa shape index (κ2) is 5.22. The number of rotatable bonds is 3. The van der Waals surface area contributed by atoms with Gasteiger partial charge in [-0.15, -0.1) is 0 Å². The van der Waals surface area contributed by atoms with Crippen LogP contribution in [0, 0.1) is 13.8 Å². The smallest absolute Gasteiger partial charge is 0.0213 e. The van der Waals surface area contributed by atoms with Gasteiger partial charge < -0.3 is 5.32 Å². The van der Waals surface area contributed by atoms with Crippen molar-refractivity contribution in [2.75, 3.05) is 0 Å². The first-order chi connectivity index (χ1) is 7.71. The van der Waals surface area contributed by atoms with Crippen LogP contribution >= 0.6 is 0 Å². The number of nitrogens with one attached hydrogen (secondary N) is 1. The minimum Gasteiger partial charge on any atom is -0.310 e. The Balaban J connectivity index is 3.03. The van der Waals surface area contributed by atoms with Crippen molar-refractivity contribution >= 4 is 0 Å². The Kier molecular flexibility index (Phi) is 4.37. The average molecular weight is 233 g/mol. The van der Waals surface area contributed by atoms with Gasteiger partial charge in [0.1, 0.15) is 0 Å². The first-order valence-corrected chi connectivity index (χ1v) is 6.56. The fraction of sp³-hybridized carbons (Fsp3) is 0.625. The van der Waals surface area contributed by atoms with Crippen molar-refractivity contribution in [2.24, 2.45) is 0 Å². The van der Waals surface area contributed by atoms with Gasteiger partial charge in [-0.05, 0) is 41.5 Å². The molecule has 0 radical (unpaired) electrons. The van der Waals surface area contributed by atoms with Crippen LogP contribution < -0.4 is 5.32 Å². The molecule has 1 rings (SSSR count). The molecule has 0 amide bonds. The van der Waals surface area contributed by atoms with Gasteiger partial charge in [0, 0.05) is 12.6 Å². The predicted octanol–water partition coefficient (Wildman–Crippen LogP) is 4.10. The molecule has 0 fully saturated rings. The summed E-state index contributed by atoms with van der Waals surface area (Å²) in [4.78, 5) is 0. The number of benzene rings is 1. The Morgan fingerprint density at radius 3 is 1.88 bits per heavy atom. The van der Waals surface area contributed by atoms with Crippen molar-refractivity contribution in [3.63, 3.8) is 0 Å². The van der Waals surface area contributed by atoms with Gasteiger partial charge in [0.05, 0.1) is 0 Å². The van der Waals surface area contributed by atoms with E-state index >= 15 is 0 Å². The van der Waals surface area contributed by atoms with Crippen LogP contribution in [0.5, 0.6) is 0 Å². The molecule has 1 nitrogen and oxygen atoms in total. The van der Waals surface area contributed by atoms with Gasteiger partial charge in [-0.3, -0.25) is 0 Å². The van der Waals surface area contributed by atoms with Crippen molar-refractivity contribution < 1.29 is 0 Å². The van der Waals surface area contributed by atoms with Crippen molar-refractivity contribution in [1.82, 2.24) is 5.32 Å². The van der Waals surface area contributed by atoms with Crippen LogP contribution in [0.2, 0.25) is 0 Å². The van der Waals surface area contributed by atoms with Gasteiger partial charge in [-0.2, -0.15) is 0 Å². The maximum Gasteiger partial charge on any atom is 0.0213 e. The summed E-state index contributed by atoms with van der Waals surface area (Å²) in [6.45, 7) is 16.6. The van der Waals surface area contributed by atoms with Gasteiger partial charge in [0.15, 0.2) is 0 Å². The normalized spacial score (nSPS) is 12.2. The van der Waals surface area contributed by atoms with Gasteiger partial charge in [0.25, 0.3) is 0 Å². The molecule has 1 aromatic carbocycles. The molecule has 0 saturated carbocycles. The van der Waals surface area contributed by atoms with Crippen LogP contribution in [0.3, 0.4) is 0 Å². The summed E-state index contributed by atoms with van der Waals surface area (Å²) in [6.07, 6.45) is 0. The molecule has 0 atom stereocenters. The SMILES string of the molecule is Cc1cc(C(C)(C)C)cc(C)c1CNC(C)C. The molecule has 1 heteroatoms. The van der Waals surface area contributed by atoms with E-state index < -0.39 is 0 Å². The number of hydrogen-bond donors (Lipinski definition) is 1. The fourth-order valence-corrected chi connectivity index (χ4v) is 2.01. The van der Waals surface area contributed by atoms with E-state index in [2.05, 4.69) is 65.9 Å². The third kappa shape index (κ3) is 3.85. The molecule has 1 N–H and O–H groups in total. The third-order valence-corrected chi connectivity index (χ3v) is 3.25. The quantitative estimate of drug-likeness (QED) is 0.829. The van der Waals surface area contributed by atoms with Crippen molar-refractivity contribution in [3.8, 4) is 0 Å². The maximum atomic E-state index is 3.50. The number of aryl methyl sites for hydroxylation is 2. The lowest BCUT2D eigenvalue weighted by Crippen LogP contribution is -2.23. The summed E-state index contributed by atoms with van der Waals surface area (Å²) in [7, 11) is 0. The number of hydrogen-bond acceptors (Lipinski definition) is 1. The molecule has 0 spiro atoms. The van der Waals surface area contributed by atoms with E-state index in [1.54, 1.807) is 0 Å². The zero-order chi connectivity index (χ0) is 13.2. The molecule has 17 heavy (non-hydrogen) atoms. The Hall–Kier alpha value is -0.820. The molecular weight excluding hydrogens is 206 g/mol. The lowest BCUT2D eigenvalue weighted by atomic mass is 9.84. The highest BCUT2D eigenvalue weighted by Gasteiger charge is 2.16. The topological polar surface area (TPSA) is 12.0 Å². The standard InChI is InChI=1S/C16H27N/c1-11(2)17-10-15-12(3)8-14(9-13(15)4)16(5,6)7/h8-9,11,17H,10H2,1-7H3. The summed E-state index contributed by atoms with van der Waals surface area (Å²) in [6, 6.07) is 5.21. The Bertz CT molecular complexity index is 360. The highest BCUT2D eigenvalue weighted by atomic mass is 14.9. The first kappa shape index (κ1) is 14.2. The van der Waals surface area contributed by atoms with Gasteiger partial charge in [0.2, 0.25) is 0 Å². The van der Waals surface area contributed by atoms with Gasteiger partial charge in [-0.25, -0.2) is 0 Å². The van der Waals surface area contributed by atoms with E-state index in [4.69, 9.17) is 0 Å². The first-order valence-electron chi connectivity index (χ1n) is 6.56. The molecule has 0 aromatic heterocycles. The molecule has 96 valence electrons. The minimum absolute atomic E-state index is 0.236. The zero-order valence-electron chi connectivity index (χ0n) is 12.4. The summed E-state index contributed by atoms with van der Waals surface area (Å²) in [5, 5.41) is 3.50. The summed E-state index contributed by atoms with van der Waals surface area (Å²) < 4.78 is 0. The molecule has 0 unspecified atom stereocenters. The molecule has 0 aliphatic heterocycles. The van der Waals surface area contributed by atoms with Crippen LogP contribution in [-0.4, -0.2) is 6.04 Å². The Morgan fingerprint density at radius 2 is 1.53 bits per heavy atom. The lowest BCUT2D eigenvalue weighted by molar-refractivity contribution is 0.578. The van der Waals surface area contributed by atoms with E-state index in [-0.39, 0.29) is 5.41 Å². The predicted molar refractivity (Wildman–Crippen MR) is 76.6 cm³/mol. The lowest BCUT2D eigenvalue weighted by Gasteiger charge is -2.23. The van der Waals surface area contributed by atoms with Crippen LogP contribution in [0.1, 0.15) is 56.9 Å². The second-order valence-corrected chi connectivity index (χ2v) is 6.37. The van der Waals surface area contributed by atoms with Crippen molar-refractivity contribution in [2.45, 2.75) is 66.5 Å². The molecule has 0 bridgehead atoms. The summed E-state index contributed by atoms with van der Waals surface area (Å²) >= 11 is 0. The molecule has 1 aromatic rings. The highest BCUT2D eigenvalue weighted by molar-refractivity contribution is 5.40. The average Bonchev–Trinajstić information content (AvgIpc) is 2.14. The fourth-order valence-electron chi connectivity index (χ4n) is 2.01.